The second kappa shape index (κ2) is 6.53. The number of anilines is 1. The topological polar surface area (TPSA) is 75.3 Å². The lowest BCUT2D eigenvalue weighted by molar-refractivity contribution is 0.102. The fourth-order valence-electron chi connectivity index (χ4n) is 2.20. The molecule has 2 aromatic carbocycles. The van der Waals surface area contributed by atoms with Crippen molar-refractivity contribution in [2.24, 2.45) is 0 Å². The molecule has 25 heavy (non-hydrogen) atoms. The largest absolute Gasteiger partial charge is 0.322 e. The van der Waals surface area contributed by atoms with Crippen LogP contribution in [0.25, 0.3) is 0 Å². The van der Waals surface area contributed by atoms with Gasteiger partial charge in [-0.15, -0.1) is 0 Å². The van der Waals surface area contributed by atoms with Gasteiger partial charge in [-0.05, 0) is 55.7 Å². The summed E-state index contributed by atoms with van der Waals surface area (Å²) in [7, 11) is -3.81. The van der Waals surface area contributed by atoms with Crippen LogP contribution in [0.15, 0.2) is 41.3 Å². The molecule has 1 fully saturated rings. The van der Waals surface area contributed by atoms with Crippen molar-refractivity contribution in [3.63, 3.8) is 0 Å². The van der Waals surface area contributed by atoms with Crippen molar-refractivity contribution in [2.45, 2.75) is 30.7 Å². The third-order valence-corrected chi connectivity index (χ3v) is 5.34. The van der Waals surface area contributed by atoms with Gasteiger partial charge in [-0.3, -0.25) is 4.79 Å². The van der Waals surface area contributed by atoms with E-state index in [1.54, 1.807) is 6.92 Å². The Morgan fingerprint density at radius 3 is 2.44 bits per heavy atom. The van der Waals surface area contributed by atoms with E-state index in [-0.39, 0.29) is 16.6 Å². The Morgan fingerprint density at radius 1 is 1.08 bits per heavy atom. The molecule has 3 rings (SSSR count). The lowest BCUT2D eigenvalue weighted by Crippen LogP contribution is -2.26. The van der Waals surface area contributed by atoms with Crippen LogP contribution >= 0.6 is 0 Å². The van der Waals surface area contributed by atoms with Crippen LogP contribution in [0, 0.1) is 18.6 Å². The Kier molecular flexibility index (Phi) is 4.57. The van der Waals surface area contributed by atoms with Crippen molar-refractivity contribution in [2.75, 3.05) is 5.32 Å². The van der Waals surface area contributed by atoms with Crippen LogP contribution < -0.4 is 10.0 Å². The zero-order chi connectivity index (χ0) is 18.2. The molecule has 0 saturated heterocycles. The lowest BCUT2D eigenvalue weighted by Gasteiger charge is -2.10. The van der Waals surface area contributed by atoms with E-state index in [2.05, 4.69) is 10.0 Å². The van der Waals surface area contributed by atoms with Crippen molar-refractivity contribution in [1.29, 1.82) is 0 Å². The van der Waals surface area contributed by atoms with Gasteiger partial charge in [0.25, 0.3) is 5.91 Å². The maximum absolute atomic E-state index is 14.0. The van der Waals surface area contributed by atoms with E-state index >= 15 is 0 Å². The van der Waals surface area contributed by atoms with Crippen LogP contribution in [0.2, 0.25) is 0 Å². The minimum atomic E-state index is -3.81. The molecular weight excluding hydrogens is 350 g/mol. The number of hydrogen-bond donors (Lipinski definition) is 2. The molecule has 0 aliphatic heterocycles. The van der Waals surface area contributed by atoms with Gasteiger partial charge in [0.2, 0.25) is 10.0 Å². The number of sulfonamides is 1. The summed E-state index contributed by atoms with van der Waals surface area (Å²) in [6, 6.07) is 6.95. The van der Waals surface area contributed by atoms with E-state index < -0.39 is 33.1 Å². The summed E-state index contributed by atoms with van der Waals surface area (Å²) in [4.78, 5) is 12.1. The quantitative estimate of drug-likeness (QED) is 0.854. The van der Waals surface area contributed by atoms with Gasteiger partial charge >= 0.3 is 0 Å². The molecule has 0 unspecified atom stereocenters. The first kappa shape index (κ1) is 17.5. The highest BCUT2D eigenvalue weighted by Gasteiger charge is 2.28. The summed E-state index contributed by atoms with van der Waals surface area (Å²) in [5.74, 6) is -2.23. The van der Waals surface area contributed by atoms with Gasteiger partial charge in [0.15, 0.2) is 0 Å². The number of nitrogens with one attached hydrogen (secondary N) is 2. The van der Waals surface area contributed by atoms with E-state index in [4.69, 9.17) is 0 Å². The molecule has 1 aliphatic rings. The first-order valence-corrected chi connectivity index (χ1v) is 9.14. The number of rotatable bonds is 5. The fraction of sp³-hybridized carbons (Fsp3) is 0.235. The van der Waals surface area contributed by atoms with Crippen molar-refractivity contribution >= 4 is 21.6 Å². The number of amides is 1. The fourth-order valence-corrected chi connectivity index (χ4v) is 3.53. The minimum Gasteiger partial charge on any atom is -0.322 e. The predicted octanol–water partition coefficient (Wildman–Crippen LogP) is 2.97. The molecule has 1 amide bonds. The van der Waals surface area contributed by atoms with Crippen LogP contribution in [0.3, 0.4) is 0 Å². The smallest absolute Gasteiger partial charge is 0.258 e. The number of hydrogen-bond acceptors (Lipinski definition) is 3. The van der Waals surface area contributed by atoms with Crippen LogP contribution in [0.1, 0.15) is 28.8 Å². The van der Waals surface area contributed by atoms with E-state index in [0.29, 0.717) is 5.56 Å². The van der Waals surface area contributed by atoms with Gasteiger partial charge in [-0.25, -0.2) is 21.9 Å². The molecule has 8 heteroatoms. The molecule has 5 nitrogen and oxygen atoms in total. The lowest BCUT2D eigenvalue weighted by atomic mass is 10.1. The number of halogens is 2. The first-order chi connectivity index (χ1) is 11.8. The average molecular weight is 366 g/mol. The van der Waals surface area contributed by atoms with Gasteiger partial charge < -0.3 is 5.32 Å². The summed E-state index contributed by atoms with van der Waals surface area (Å²) in [6.45, 7) is 1.57. The monoisotopic (exact) mass is 366 g/mol. The second-order valence-electron chi connectivity index (χ2n) is 5.96. The van der Waals surface area contributed by atoms with Crippen LogP contribution in [-0.4, -0.2) is 20.4 Å². The molecule has 0 spiro atoms. The molecule has 0 heterocycles. The Hall–Kier alpha value is -2.32. The Balaban J connectivity index is 1.86. The van der Waals surface area contributed by atoms with E-state index in [0.717, 1.165) is 37.1 Å². The zero-order valence-corrected chi connectivity index (χ0v) is 14.2. The number of aryl methyl sites for hydroxylation is 1. The molecular formula is C17H16F2N2O3S. The third kappa shape index (κ3) is 4.02. The predicted molar refractivity (Wildman–Crippen MR) is 88.8 cm³/mol. The third-order valence-electron chi connectivity index (χ3n) is 3.82. The zero-order valence-electron chi connectivity index (χ0n) is 13.3. The van der Waals surface area contributed by atoms with Gasteiger partial charge in [0, 0.05) is 11.7 Å². The molecule has 0 aromatic heterocycles. The highest BCUT2D eigenvalue weighted by molar-refractivity contribution is 7.89. The van der Waals surface area contributed by atoms with Gasteiger partial charge in [-0.2, -0.15) is 0 Å². The van der Waals surface area contributed by atoms with Crippen molar-refractivity contribution in [3.8, 4) is 0 Å². The second-order valence-corrected chi connectivity index (χ2v) is 7.67. The van der Waals surface area contributed by atoms with Crippen LogP contribution in [-0.2, 0) is 10.0 Å². The SMILES string of the molecule is Cc1ccc(NC(=O)c2cc(S(=O)(=O)NC3CC3)ccc2F)cc1F. The number of carbonyl (C=O) groups is 1. The van der Waals surface area contributed by atoms with E-state index in [1.165, 1.54) is 12.1 Å². The normalized spacial score (nSPS) is 14.4. The summed E-state index contributed by atoms with van der Waals surface area (Å²) < 4.78 is 54.4. The molecule has 132 valence electrons. The molecule has 1 aliphatic carbocycles. The minimum absolute atomic E-state index is 0.108. The van der Waals surface area contributed by atoms with E-state index in [9.17, 15) is 22.0 Å². The van der Waals surface area contributed by atoms with Crippen LogP contribution in [0.5, 0.6) is 0 Å². The molecule has 1 saturated carbocycles. The van der Waals surface area contributed by atoms with Crippen molar-refractivity contribution < 1.29 is 22.0 Å². The number of benzene rings is 2. The summed E-state index contributed by atoms with van der Waals surface area (Å²) in [5, 5.41) is 2.36. The Bertz CT molecular complexity index is 941. The van der Waals surface area contributed by atoms with Crippen molar-refractivity contribution in [1.82, 2.24) is 4.72 Å². The summed E-state index contributed by atoms with van der Waals surface area (Å²) in [6.07, 6.45) is 1.51. The Morgan fingerprint density at radius 2 is 1.80 bits per heavy atom. The highest BCUT2D eigenvalue weighted by Crippen LogP contribution is 2.23. The highest BCUT2D eigenvalue weighted by atomic mass is 32.2. The summed E-state index contributed by atoms with van der Waals surface area (Å²) >= 11 is 0. The molecule has 2 N–H and O–H groups in total. The van der Waals surface area contributed by atoms with E-state index in [1.807, 2.05) is 0 Å². The average Bonchev–Trinajstić information content (AvgIpc) is 3.34. The Labute approximate surface area is 144 Å². The summed E-state index contributed by atoms with van der Waals surface area (Å²) in [5.41, 5.74) is 0.125. The maximum atomic E-state index is 14.0. The molecule has 0 bridgehead atoms. The van der Waals surface area contributed by atoms with Gasteiger partial charge in [0.1, 0.15) is 11.6 Å². The van der Waals surface area contributed by atoms with Gasteiger partial charge in [0.05, 0.1) is 10.5 Å². The number of carbonyl (C=O) groups excluding carboxylic acids is 1. The molecule has 0 radical (unpaired) electrons. The first-order valence-electron chi connectivity index (χ1n) is 7.65. The van der Waals surface area contributed by atoms with Gasteiger partial charge in [-0.1, -0.05) is 6.07 Å². The standard InChI is InChI=1S/C17H16F2N2O3S/c1-10-2-3-12(8-16(10)19)20-17(22)14-9-13(6-7-15(14)18)25(23,24)21-11-4-5-11/h2-3,6-9,11,21H,4-5H2,1H3,(H,20,22). The van der Waals surface area contributed by atoms with Crippen LogP contribution in [0.4, 0.5) is 14.5 Å². The molecule has 0 atom stereocenters. The van der Waals surface area contributed by atoms with Crippen molar-refractivity contribution in [3.05, 3.63) is 59.2 Å². The molecule has 2 aromatic rings. The maximum Gasteiger partial charge on any atom is 0.258 e.